The normalized spacial score (nSPS) is 15.8. The lowest BCUT2D eigenvalue weighted by atomic mass is 9.34. The van der Waals surface area contributed by atoms with E-state index < -0.39 is 0 Å². The second-order valence-electron chi connectivity index (χ2n) is 18.3. The van der Waals surface area contributed by atoms with Crippen molar-refractivity contribution in [2.24, 2.45) is 0 Å². The van der Waals surface area contributed by atoms with E-state index in [9.17, 15) is 0 Å². The zero-order chi connectivity index (χ0) is 36.0. The SMILES string of the molecule is CC(C)(C)c1ccccc1-c1nc2c3c(cc4c2n1-c1cccc2c1B4c1cc4c(c5nc(-c6ccccc6C(C)(C)C)n-2c15)CCCC4)CCCC3. The highest BCUT2D eigenvalue weighted by Crippen LogP contribution is 2.43. The summed E-state index contributed by atoms with van der Waals surface area (Å²) in [4.78, 5) is 11.5. The second kappa shape index (κ2) is 10.8. The van der Waals surface area contributed by atoms with Crippen LogP contribution in [0.4, 0.5) is 0 Å². The minimum Gasteiger partial charge on any atom is -0.293 e. The van der Waals surface area contributed by atoms with Gasteiger partial charge in [-0.25, -0.2) is 9.97 Å². The number of imidazole rings is 2. The van der Waals surface area contributed by atoms with E-state index in [1.54, 1.807) is 0 Å². The number of fused-ring (bicyclic) bond motifs is 8. The minimum atomic E-state index is -0.0274. The fraction of sp³-hybridized carbons (Fsp3) is 0.333. The van der Waals surface area contributed by atoms with Crippen LogP contribution >= 0.6 is 0 Å². The van der Waals surface area contributed by atoms with Crippen molar-refractivity contribution in [2.75, 3.05) is 0 Å². The Morgan fingerprint density at radius 3 is 1.42 bits per heavy atom. The molecule has 5 aromatic carbocycles. The van der Waals surface area contributed by atoms with E-state index in [1.807, 2.05) is 0 Å². The Kier molecular flexibility index (Phi) is 6.47. The second-order valence-corrected chi connectivity index (χ2v) is 18.3. The van der Waals surface area contributed by atoms with Crippen molar-refractivity contribution >= 4 is 45.2 Å². The van der Waals surface area contributed by atoms with Crippen molar-refractivity contribution < 1.29 is 0 Å². The first-order chi connectivity index (χ1) is 25.6. The highest BCUT2D eigenvalue weighted by atomic mass is 15.1. The molecule has 0 radical (unpaired) electrons. The topological polar surface area (TPSA) is 35.6 Å². The van der Waals surface area contributed by atoms with Crippen molar-refractivity contribution in [3.63, 3.8) is 0 Å². The summed E-state index contributed by atoms with van der Waals surface area (Å²) >= 11 is 0. The summed E-state index contributed by atoms with van der Waals surface area (Å²) in [6.45, 7) is 14.1. The summed E-state index contributed by atoms with van der Waals surface area (Å²) in [5.41, 5.74) is 22.9. The van der Waals surface area contributed by atoms with Crippen LogP contribution in [0.5, 0.6) is 0 Å². The molecule has 7 aromatic rings. The third-order valence-electron chi connectivity index (χ3n) is 13.0. The van der Waals surface area contributed by atoms with Crippen molar-refractivity contribution in [2.45, 2.75) is 104 Å². The van der Waals surface area contributed by atoms with Gasteiger partial charge in [0.05, 0.1) is 22.1 Å². The van der Waals surface area contributed by atoms with Gasteiger partial charge < -0.3 is 0 Å². The summed E-state index contributed by atoms with van der Waals surface area (Å²) in [5.74, 6) is 2.14. The van der Waals surface area contributed by atoms with Gasteiger partial charge in [0.1, 0.15) is 11.6 Å². The molecule has 4 aliphatic rings. The van der Waals surface area contributed by atoms with E-state index in [0.717, 1.165) is 37.3 Å². The monoisotopic (exact) mass is 690 g/mol. The first-order valence-electron chi connectivity index (χ1n) is 20.1. The van der Waals surface area contributed by atoms with Crippen molar-refractivity contribution in [3.05, 3.63) is 112 Å². The van der Waals surface area contributed by atoms with Crippen LogP contribution in [0, 0.1) is 0 Å². The fourth-order valence-electron chi connectivity index (χ4n) is 10.7. The standard InChI is InChI=1S/C48H47BN4/c1-47(2,3)34-22-13-11-20-32(34)45-50-41-30-18-9-7-16-28(30)26-36-43(41)52(45)38-24-15-25-39-40(38)49(36)37-27-29-17-8-10-19-31(29)42-44(37)53(39)46(51-42)33-21-12-14-23-35(33)48(4,5)6/h11-15,20-27H,7-10,16-19H2,1-6H3. The van der Waals surface area contributed by atoms with Crippen LogP contribution < -0.4 is 16.4 Å². The summed E-state index contributed by atoms with van der Waals surface area (Å²) in [7, 11) is 0. The molecule has 4 heterocycles. The van der Waals surface area contributed by atoms with Gasteiger partial charge in [-0.05, 0) is 124 Å². The quantitative estimate of drug-likeness (QED) is 0.170. The summed E-state index contributed by atoms with van der Waals surface area (Å²) in [5, 5.41) is 0. The van der Waals surface area contributed by atoms with Crippen LogP contribution in [-0.4, -0.2) is 25.8 Å². The Morgan fingerprint density at radius 2 is 0.962 bits per heavy atom. The maximum absolute atomic E-state index is 5.76. The lowest BCUT2D eigenvalue weighted by Gasteiger charge is -2.35. The largest absolute Gasteiger partial charge is 0.293 e. The molecule has 262 valence electrons. The molecule has 0 atom stereocenters. The molecule has 0 fully saturated rings. The molecule has 0 unspecified atom stereocenters. The zero-order valence-electron chi connectivity index (χ0n) is 32.0. The number of benzene rings is 5. The number of rotatable bonds is 2. The van der Waals surface area contributed by atoms with E-state index in [-0.39, 0.29) is 17.5 Å². The van der Waals surface area contributed by atoms with E-state index in [2.05, 4.69) is 130 Å². The summed E-state index contributed by atoms with van der Waals surface area (Å²) < 4.78 is 5.14. The van der Waals surface area contributed by atoms with Crippen molar-refractivity contribution in [3.8, 4) is 34.2 Å². The number of nitrogens with zero attached hydrogens (tertiary/aromatic N) is 4. The molecule has 0 saturated carbocycles. The van der Waals surface area contributed by atoms with Crippen LogP contribution in [0.15, 0.2) is 78.9 Å². The molecule has 0 saturated heterocycles. The third kappa shape index (κ3) is 4.31. The smallest absolute Gasteiger partial charge is 0.252 e. The van der Waals surface area contributed by atoms with Gasteiger partial charge in [-0.3, -0.25) is 9.13 Å². The molecule has 0 spiro atoms. The predicted molar refractivity (Wildman–Crippen MR) is 222 cm³/mol. The summed E-state index contributed by atoms with van der Waals surface area (Å²) in [6, 6.07) is 30.3. The lowest BCUT2D eigenvalue weighted by Crippen LogP contribution is -2.59. The zero-order valence-corrected chi connectivity index (χ0v) is 32.0. The van der Waals surface area contributed by atoms with Crippen LogP contribution in [0.1, 0.15) is 101 Å². The lowest BCUT2D eigenvalue weighted by molar-refractivity contribution is 0.591. The van der Waals surface area contributed by atoms with E-state index in [4.69, 9.17) is 9.97 Å². The molecule has 0 bridgehead atoms. The maximum atomic E-state index is 5.76. The third-order valence-corrected chi connectivity index (χ3v) is 13.0. The molecule has 2 aliphatic carbocycles. The van der Waals surface area contributed by atoms with Gasteiger partial charge in [-0.1, -0.05) is 108 Å². The average molecular weight is 691 g/mol. The van der Waals surface area contributed by atoms with Gasteiger partial charge in [0, 0.05) is 22.5 Å². The van der Waals surface area contributed by atoms with E-state index >= 15 is 0 Å². The van der Waals surface area contributed by atoms with E-state index in [0.29, 0.717) is 0 Å². The molecule has 2 aromatic heterocycles. The molecule has 53 heavy (non-hydrogen) atoms. The Labute approximate surface area is 313 Å². The van der Waals surface area contributed by atoms with Crippen LogP contribution in [0.2, 0.25) is 0 Å². The number of aryl methyl sites for hydroxylation is 4. The highest BCUT2D eigenvalue weighted by molar-refractivity contribution is 7.00. The van der Waals surface area contributed by atoms with E-state index in [1.165, 1.54) is 120 Å². The van der Waals surface area contributed by atoms with Gasteiger partial charge in [-0.2, -0.15) is 0 Å². The first kappa shape index (κ1) is 31.6. The number of hydrogen-bond donors (Lipinski definition) is 0. The minimum absolute atomic E-state index is 0.0274. The molecule has 0 N–H and O–H groups in total. The Balaban J connectivity index is 1.31. The van der Waals surface area contributed by atoms with Gasteiger partial charge >= 0.3 is 0 Å². The number of hydrogen-bond acceptors (Lipinski definition) is 2. The van der Waals surface area contributed by atoms with Gasteiger partial charge in [0.15, 0.2) is 0 Å². The molecule has 5 heteroatoms. The Bertz CT molecular complexity index is 2530. The number of aromatic nitrogens is 4. The van der Waals surface area contributed by atoms with Gasteiger partial charge in [0.25, 0.3) is 6.71 Å². The average Bonchev–Trinajstić information content (AvgIpc) is 3.76. The van der Waals surface area contributed by atoms with Crippen molar-refractivity contribution in [1.82, 2.24) is 19.1 Å². The van der Waals surface area contributed by atoms with Gasteiger partial charge in [0.2, 0.25) is 0 Å². The molecular formula is C48H47BN4. The molecule has 4 nitrogen and oxygen atoms in total. The van der Waals surface area contributed by atoms with Crippen molar-refractivity contribution in [1.29, 1.82) is 0 Å². The highest BCUT2D eigenvalue weighted by Gasteiger charge is 2.44. The van der Waals surface area contributed by atoms with Crippen LogP contribution in [0.3, 0.4) is 0 Å². The Morgan fingerprint density at radius 1 is 0.528 bits per heavy atom. The Hall–Kier alpha value is -4.90. The van der Waals surface area contributed by atoms with Crippen LogP contribution in [-0.2, 0) is 36.5 Å². The van der Waals surface area contributed by atoms with Gasteiger partial charge in [-0.15, -0.1) is 0 Å². The predicted octanol–water partition coefficient (Wildman–Crippen LogP) is 9.19. The molecule has 0 amide bonds. The molecular weight excluding hydrogens is 643 g/mol. The molecule has 11 rings (SSSR count). The maximum Gasteiger partial charge on any atom is 0.252 e. The summed E-state index contributed by atoms with van der Waals surface area (Å²) in [6.07, 6.45) is 9.43. The van der Waals surface area contributed by atoms with Crippen LogP contribution in [0.25, 0.3) is 56.2 Å². The fourth-order valence-corrected chi connectivity index (χ4v) is 10.7. The first-order valence-corrected chi connectivity index (χ1v) is 20.1. The molecule has 2 aliphatic heterocycles.